The van der Waals surface area contributed by atoms with Crippen LogP contribution in [0.4, 0.5) is 17.6 Å². The normalized spacial score (nSPS) is 14.4. The smallest absolute Gasteiger partial charge is 0.232 e. The highest BCUT2D eigenvalue weighted by molar-refractivity contribution is 5.54. The highest BCUT2D eigenvalue weighted by Crippen LogP contribution is 2.20. The number of nitrogen functional groups attached to an aromatic ring is 1. The zero-order valence-electron chi connectivity index (χ0n) is 15.5. The third-order valence-corrected chi connectivity index (χ3v) is 4.77. The van der Waals surface area contributed by atoms with Crippen molar-refractivity contribution in [1.82, 2.24) is 19.9 Å². The lowest BCUT2D eigenvalue weighted by atomic mass is 10.0. The van der Waals surface area contributed by atoms with Crippen molar-refractivity contribution in [1.29, 1.82) is 0 Å². The number of hydrogen-bond acceptors (Lipinski definition) is 6. The summed E-state index contributed by atoms with van der Waals surface area (Å²) < 4.78 is 0. The summed E-state index contributed by atoms with van der Waals surface area (Å²) in [5.41, 5.74) is 10.9. The zero-order valence-corrected chi connectivity index (χ0v) is 15.5. The van der Waals surface area contributed by atoms with Gasteiger partial charge in [-0.2, -0.15) is 15.0 Å². The van der Waals surface area contributed by atoms with E-state index in [2.05, 4.69) is 62.4 Å². The van der Waals surface area contributed by atoms with Crippen LogP contribution < -0.4 is 11.1 Å². The molecule has 2 heterocycles. The van der Waals surface area contributed by atoms with Gasteiger partial charge in [0.2, 0.25) is 11.9 Å². The first-order valence-corrected chi connectivity index (χ1v) is 9.29. The molecule has 6 heteroatoms. The highest BCUT2D eigenvalue weighted by Gasteiger charge is 2.16. The van der Waals surface area contributed by atoms with Crippen molar-refractivity contribution in [2.24, 2.45) is 0 Å². The molecule has 0 saturated carbocycles. The molecule has 138 valence electrons. The van der Waals surface area contributed by atoms with Crippen LogP contribution in [-0.4, -0.2) is 26.4 Å². The fourth-order valence-corrected chi connectivity index (χ4v) is 3.52. The molecule has 0 aliphatic carbocycles. The van der Waals surface area contributed by atoms with Crippen molar-refractivity contribution in [2.75, 3.05) is 17.6 Å². The van der Waals surface area contributed by atoms with E-state index in [-0.39, 0.29) is 5.95 Å². The quantitative estimate of drug-likeness (QED) is 0.742. The topological polar surface area (TPSA) is 80.0 Å². The molecule has 0 saturated heterocycles. The van der Waals surface area contributed by atoms with Gasteiger partial charge >= 0.3 is 0 Å². The van der Waals surface area contributed by atoms with E-state index in [0.717, 1.165) is 31.6 Å². The van der Waals surface area contributed by atoms with Gasteiger partial charge in [-0.25, -0.2) is 0 Å². The van der Waals surface area contributed by atoms with Crippen LogP contribution in [0.1, 0.15) is 28.9 Å². The molecule has 2 aromatic carbocycles. The number of benzene rings is 2. The maximum Gasteiger partial charge on any atom is 0.232 e. The van der Waals surface area contributed by atoms with Gasteiger partial charge in [-0.15, -0.1) is 0 Å². The van der Waals surface area contributed by atoms with Gasteiger partial charge in [-0.3, -0.25) is 4.90 Å². The Bertz CT molecular complexity index is 939. The summed E-state index contributed by atoms with van der Waals surface area (Å²) in [5, 5.41) is 3.23. The van der Waals surface area contributed by atoms with Crippen molar-refractivity contribution in [2.45, 2.75) is 32.9 Å². The van der Waals surface area contributed by atoms with Crippen LogP contribution in [0.25, 0.3) is 0 Å². The van der Waals surface area contributed by atoms with Crippen molar-refractivity contribution in [3.63, 3.8) is 0 Å². The Morgan fingerprint density at radius 2 is 1.89 bits per heavy atom. The molecular formula is C21H24N6. The van der Waals surface area contributed by atoms with Crippen molar-refractivity contribution < 1.29 is 0 Å². The van der Waals surface area contributed by atoms with Crippen LogP contribution in [0.15, 0.2) is 48.5 Å². The number of nitrogens with zero attached hydrogens (tertiary/aromatic N) is 4. The molecule has 0 spiro atoms. The fourth-order valence-electron chi connectivity index (χ4n) is 3.52. The molecule has 4 rings (SSSR count). The van der Waals surface area contributed by atoms with Gasteiger partial charge in [-0.1, -0.05) is 36.4 Å². The molecular weight excluding hydrogens is 336 g/mol. The van der Waals surface area contributed by atoms with Gasteiger partial charge in [0.05, 0.1) is 6.54 Å². The number of fused-ring (bicyclic) bond motifs is 1. The van der Waals surface area contributed by atoms with Gasteiger partial charge < -0.3 is 11.1 Å². The van der Waals surface area contributed by atoms with Crippen LogP contribution in [0.2, 0.25) is 0 Å². The predicted molar refractivity (Wildman–Crippen MR) is 108 cm³/mol. The Balaban J connectivity index is 1.51. The summed E-state index contributed by atoms with van der Waals surface area (Å²) in [6, 6.07) is 16.7. The minimum atomic E-state index is 0.241. The second-order valence-electron chi connectivity index (χ2n) is 7.01. The first-order valence-electron chi connectivity index (χ1n) is 9.29. The van der Waals surface area contributed by atoms with Crippen LogP contribution in [0.3, 0.4) is 0 Å². The van der Waals surface area contributed by atoms with Crippen LogP contribution >= 0.6 is 0 Å². The largest absolute Gasteiger partial charge is 0.368 e. The number of hydrogen-bond donors (Lipinski definition) is 2. The number of nitrogens with two attached hydrogens (primary N) is 1. The molecule has 3 N–H and O–H groups in total. The van der Waals surface area contributed by atoms with Gasteiger partial charge in [0.1, 0.15) is 5.82 Å². The van der Waals surface area contributed by atoms with E-state index in [9.17, 15) is 0 Å². The number of aryl methyl sites for hydroxylation is 2. The minimum absolute atomic E-state index is 0.241. The van der Waals surface area contributed by atoms with E-state index in [4.69, 9.17) is 5.73 Å². The molecule has 27 heavy (non-hydrogen) atoms. The standard InChI is InChI=1S/C21H24N6/c1-15-6-4-10-18(12-15)23-21-25-19(24-20(22)26-21)14-27-11-5-9-16-7-2-3-8-17(16)13-27/h2-4,6-8,10,12H,5,9,11,13-14H2,1H3,(H3,22,23,24,25,26). The highest BCUT2D eigenvalue weighted by atomic mass is 15.2. The molecule has 6 nitrogen and oxygen atoms in total. The van der Waals surface area contributed by atoms with E-state index in [1.165, 1.54) is 16.7 Å². The van der Waals surface area contributed by atoms with E-state index in [1.54, 1.807) is 0 Å². The Morgan fingerprint density at radius 3 is 2.74 bits per heavy atom. The Morgan fingerprint density at radius 1 is 1.04 bits per heavy atom. The number of rotatable bonds is 4. The minimum Gasteiger partial charge on any atom is -0.368 e. The van der Waals surface area contributed by atoms with Gasteiger partial charge in [0, 0.05) is 12.2 Å². The van der Waals surface area contributed by atoms with E-state index < -0.39 is 0 Å². The predicted octanol–water partition coefficient (Wildman–Crippen LogP) is 3.45. The lowest BCUT2D eigenvalue weighted by molar-refractivity contribution is 0.254. The molecule has 0 amide bonds. The molecule has 1 aliphatic heterocycles. The average molecular weight is 360 g/mol. The number of anilines is 3. The summed E-state index contributed by atoms with van der Waals surface area (Å²) in [5.74, 6) is 1.42. The molecule has 1 aromatic heterocycles. The van der Waals surface area contributed by atoms with E-state index >= 15 is 0 Å². The van der Waals surface area contributed by atoms with Crippen molar-refractivity contribution in [3.8, 4) is 0 Å². The van der Waals surface area contributed by atoms with Crippen LogP contribution in [0, 0.1) is 6.92 Å². The molecule has 0 bridgehead atoms. The lowest BCUT2D eigenvalue weighted by Crippen LogP contribution is -2.24. The molecule has 1 aliphatic rings. The van der Waals surface area contributed by atoms with Crippen LogP contribution in [-0.2, 0) is 19.5 Å². The van der Waals surface area contributed by atoms with Crippen molar-refractivity contribution >= 4 is 17.6 Å². The number of nitrogens with one attached hydrogen (secondary N) is 1. The maximum absolute atomic E-state index is 5.93. The van der Waals surface area contributed by atoms with Gasteiger partial charge in [0.25, 0.3) is 0 Å². The number of aromatic nitrogens is 3. The Labute approximate surface area is 159 Å². The molecule has 0 atom stereocenters. The van der Waals surface area contributed by atoms with Crippen LogP contribution in [0.5, 0.6) is 0 Å². The Hall–Kier alpha value is -2.99. The molecule has 0 unspecified atom stereocenters. The third kappa shape index (κ3) is 4.41. The van der Waals surface area contributed by atoms with Crippen molar-refractivity contribution in [3.05, 3.63) is 71.0 Å². The average Bonchev–Trinajstić information content (AvgIpc) is 2.83. The summed E-state index contributed by atoms with van der Waals surface area (Å²) in [6.07, 6.45) is 2.25. The van der Waals surface area contributed by atoms with E-state index in [1.807, 2.05) is 18.2 Å². The maximum atomic E-state index is 5.93. The lowest BCUT2D eigenvalue weighted by Gasteiger charge is -2.19. The molecule has 3 aromatic rings. The summed E-state index contributed by atoms with van der Waals surface area (Å²) in [7, 11) is 0. The summed E-state index contributed by atoms with van der Waals surface area (Å²) in [6.45, 7) is 4.63. The summed E-state index contributed by atoms with van der Waals surface area (Å²) >= 11 is 0. The summed E-state index contributed by atoms with van der Waals surface area (Å²) in [4.78, 5) is 15.5. The van der Waals surface area contributed by atoms with Gasteiger partial charge in [0.15, 0.2) is 0 Å². The fraction of sp³-hybridized carbons (Fsp3) is 0.286. The Kier molecular flexibility index (Phi) is 4.98. The van der Waals surface area contributed by atoms with Gasteiger partial charge in [-0.05, 0) is 55.1 Å². The second kappa shape index (κ2) is 7.72. The monoisotopic (exact) mass is 360 g/mol. The SMILES string of the molecule is Cc1cccc(Nc2nc(N)nc(CN3CCCc4ccccc4C3)n2)c1. The zero-order chi connectivity index (χ0) is 18.6. The first kappa shape index (κ1) is 17.4. The third-order valence-electron chi connectivity index (χ3n) is 4.77. The van der Waals surface area contributed by atoms with E-state index in [0.29, 0.717) is 18.3 Å². The molecule has 0 fully saturated rings. The second-order valence-corrected chi connectivity index (χ2v) is 7.01. The molecule has 0 radical (unpaired) electrons. The first-order chi connectivity index (χ1) is 13.2.